The van der Waals surface area contributed by atoms with E-state index in [1.54, 1.807) is 24.3 Å². The van der Waals surface area contributed by atoms with Gasteiger partial charge in [-0.1, -0.05) is 23.2 Å². The first-order chi connectivity index (χ1) is 12.0. The van der Waals surface area contributed by atoms with Gasteiger partial charge in [0.15, 0.2) is 5.78 Å². The number of imidazole rings is 1. The van der Waals surface area contributed by atoms with E-state index in [4.69, 9.17) is 27.9 Å². The molecule has 4 nitrogen and oxygen atoms in total. The quantitative estimate of drug-likeness (QED) is 0.479. The molecule has 0 radical (unpaired) electrons. The lowest BCUT2D eigenvalue weighted by Crippen LogP contribution is -1.98. The van der Waals surface area contributed by atoms with Crippen molar-refractivity contribution in [2.45, 2.75) is 12.8 Å². The van der Waals surface area contributed by atoms with Crippen LogP contribution >= 0.6 is 23.2 Å². The molecule has 1 heterocycles. The molecule has 0 spiro atoms. The maximum atomic E-state index is 13.1. The summed E-state index contributed by atoms with van der Waals surface area (Å²) in [6.07, 6.45) is 3.27. The molecule has 0 fully saturated rings. The highest BCUT2D eigenvalue weighted by molar-refractivity contribution is 6.35. The maximum Gasteiger partial charge on any atom is 0.159 e. The average molecular weight is 379 g/mol. The number of H-pyrrole nitrogens is 1. The van der Waals surface area contributed by atoms with E-state index in [1.807, 2.05) is 0 Å². The number of halogens is 3. The molecular weight excluding hydrogens is 366 g/mol. The molecule has 1 aromatic heterocycles. The molecule has 7 heteroatoms. The van der Waals surface area contributed by atoms with Gasteiger partial charge in [0, 0.05) is 23.9 Å². The molecule has 128 valence electrons. The van der Waals surface area contributed by atoms with E-state index in [9.17, 15) is 9.18 Å². The van der Waals surface area contributed by atoms with Crippen LogP contribution in [0.3, 0.4) is 0 Å². The number of hydrogen-bond acceptors (Lipinski definition) is 3. The van der Waals surface area contributed by atoms with Gasteiger partial charge >= 0.3 is 0 Å². The summed E-state index contributed by atoms with van der Waals surface area (Å²) in [5.74, 6) is 0.579. The summed E-state index contributed by atoms with van der Waals surface area (Å²) in [6, 6.07) is 9.13. The van der Waals surface area contributed by atoms with Crippen LogP contribution in [0, 0.1) is 5.82 Å². The number of nitrogens with zero attached hydrogens (tertiary/aromatic N) is 1. The van der Waals surface area contributed by atoms with Crippen LogP contribution in [-0.2, 0) is 11.2 Å². The van der Waals surface area contributed by atoms with Crippen LogP contribution < -0.4 is 4.74 Å². The number of aromatic nitrogens is 2. The molecule has 2 aromatic carbocycles. The zero-order valence-corrected chi connectivity index (χ0v) is 14.4. The molecule has 0 aliphatic carbocycles. The van der Waals surface area contributed by atoms with Gasteiger partial charge in [0.25, 0.3) is 0 Å². The Balaban J connectivity index is 1.54. The fourth-order valence-corrected chi connectivity index (χ4v) is 2.69. The molecule has 1 N–H and O–H groups in total. The fourth-order valence-electron chi connectivity index (χ4n) is 2.23. The minimum Gasteiger partial charge on any atom is -0.463 e. The SMILES string of the molecule is O=C(/C=C/Oc1ccc(Cl)cc1Cl)CCc1nc2ccc(F)cc2[nH]1. The number of carbonyl (C=O) groups is 1. The summed E-state index contributed by atoms with van der Waals surface area (Å²) in [5, 5.41) is 0.863. The number of ether oxygens (including phenoxy) is 1. The van der Waals surface area contributed by atoms with Crippen molar-refractivity contribution in [2.24, 2.45) is 0 Å². The molecule has 3 aromatic rings. The predicted octanol–water partition coefficient (Wildman–Crippen LogP) is 5.10. The molecular formula is C18H13Cl2FN2O2. The number of ketones is 1. The molecule has 25 heavy (non-hydrogen) atoms. The highest BCUT2D eigenvalue weighted by Gasteiger charge is 2.06. The van der Waals surface area contributed by atoms with Crippen molar-refractivity contribution < 1.29 is 13.9 Å². The van der Waals surface area contributed by atoms with Crippen LogP contribution in [-0.4, -0.2) is 15.8 Å². The summed E-state index contributed by atoms with van der Waals surface area (Å²) in [4.78, 5) is 19.2. The lowest BCUT2D eigenvalue weighted by molar-refractivity contribution is -0.114. The Hall–Kier alpha value is -2.37. The van der Waals surface area contributed by atoms with Crippen LogP contribution in [0.15, 0.2) is 48.7 Å². The maximum absolute atomic E-state index is 13.1. The second kappa shape index (κ2) is 7.68. The Morgan fingerprint density at radius 3 is 2.88 bits per heavy atom. The van der Waals surface area contributed by atoms with Crippen molar-refractivity contribution >= 4 is 40.0 Å². The predicted molar refractivity (Wildman–Crippen MR) is 95.6 cm³/mol. The number of nitrogens with one attached hydrogen (secondary N) is 1. The van der Waals surface area contributed by atoms with Gasteiger partial charge < -0.3 is 9.72 Å². The number of benzene rings is 2. The molecule has 0 aliphatic rings. The molecule has 0 unspecified atom stereocenters. The van der Waals surface area contributed by atoms with E-state index in [-0.39, 0.29) is 18.0 Å². The first-order valence-corrected chi connectivity index (χ1v) is 8.22. The normalized spacial score (nSPS) is 11.3. The number of fused-ring (bicyclic) bond motifs is 1. The van der Waals surface area contributed by atoms with Crippen molar-refractivity contribution in [1.29, 1.82) is 0 Å². The van der Waals surface area contributed by atoms with Crippen LogP contribution in [0.5, 0.6) is 5.75 Å². The number of allylic oxidation sites excluding steroid dienone is 1. The summed E-state index contributed by atoms with van der Waals surface area (Å²) < 4.78 is 18.5. The fraction of sp³-hybridized carbons (Fsp3) is 0.111. The van der Waals surface area contributed by atoms with Crippen LogP contribution in [0.4, 0.5) is 4.39 Å². The molecule has 0 amide bonds. The van der Waals surface area contributed by atoms with Crippen molar-refractivity contribution in [3.63, 3.8) is 0 Å². The number of carbonyl (C=O) groups excluding carboxylic acids is 1. The number of rotatable bonds is 6. The second-order valence-electron chi connectivity index (χ2n) is 5.31. The lowest BCUT2D eigenvalue weighted by Gasteiger charge is -2.02. The third-order valence-corrected chi connectivity index (χ3v) is 3.97. The van der Waals surface area contributed by atoms with E-state index in [0.717, 1.165) is 0 Å². The second-order valence-corrected chi connectivity index (χ2v) is 6.15. The average Bonchev–Trinajstić information content (AvgIpc) is 2.97. The van der Waals surface area contributed by atoms with Crippen LogP contribution in [0.2, 0.25) is 10.0 Å². The van der Waals surface area contributed by atoms with Gasteiger partial charge in [-0.25, -0.2) is 9.37 Å². The zero-order chi connectivity index (χ0) is 17.8. The Kier molecular flexibility index (Phi) is 5.36. The molecule has 3 rings (SSSR count). The summed E-state index contributed by atoms with van der Waals surface area (Å²) in [5.41, 5.74) is 1.28. The number of hydrogen-bond donors (Lipinski definition) is 1. The summed E-state index contributed by atoms with van der Waals surface area (Å²) >= 11 is 11.8. The minimum absolute atomic E-state index is 0.128. The van der Waals surface area contributed by atoms with E-state index in [0.29, 0.717) is 39.1 Å². The van der Waals surface area contributed by atoms with E-state index in [2.05, 4.69) is 9.97 Å². The molecule has 0 bridgehead atoms. The van der Waals surface area contributed by atoms with Gasteiger partial charge in [0.1, 0.15) is 17.4 Å². The smallest absolute Gasteiger partial charge is 0.159 e. The van der Waals surface area contributed by atoms with Crippen molar-refractivity contribution in [2.75, 3.05) is 0 Å². The molecule has 0 saturated carbocycles. The largest absolute Gasteiger partial charge is 0.463 e. The van der Waals surface area contributed by atoms with Crippen molar-refractivity contribution in [3.8, 4) is 5.75 Å². The Morgan fingerprint density at radius 1 is 1.24 bits per heavy atom. The highest BCUT2D eigenvalue weighted by Crippen LogP contribution is 2.27. The number of aryl methyl sites for hydroxylation is 1. The lowest BCUT2D eigenvalue weighted by atomic mass is 10.2. The van der Waals surface area contributed by atoms with Gasteiger partial charge in [0.2, 0.25) is 0 Å². The minimum atomic E-state index is -0.334. The van der Waals surface area contributed by atoms with Crippen LogP contribution in [0.25, 0.3) is 11.0 Å². The monoisotopic (exact) mass is 378 g/mol. The van der Waals surface area contributed by atoms with Gasteiger partial charge in [-0.3, -0.25) is 4.79 Å². The first kappa shape index (κ1) is 17.5. The van der Waals surface area contributed by atoms with E-state index in [1.165, 1.54) is 24.5 Å². The van der Waals surface area contributed by atoms with Crippen molar-refractivity contribution in [3.05, 3.63) is 70.4 Å². The van der Waals surface area contributed by atoms with Crippen LogP contribution in [0.1, 0.15) is 12.2 Å². The van der Waals surface area contributed by atoms with Gasteiger partial charge in [-0.2, -0.15) is 0 Å². The summed E-state index contributed by atoms with van der Waals surface area (Å²) in [6.45, 7) is 0. The number of aromatic amines is 1. The van der Waals surface area contributed by atoms with Gasteiger partial charge in [-0.15, -0.1) is 0 Å². The van der Waals surface area contributed by atoms with E-state index < -0.39 is 0 Å². The zero-order valence-electron chi connectivity index (χ0n) is 12.9. The van der Waals surface area contributed by atoms with Gasteiger partial charge in [-0.05, 0) is 36.4 Å². The summed E-state index contributed by atoms with van der Waals surface area (Å²) in [7, 11) is 0. The Morgan fingerprint density at radius 2 is 2.08 bits per heavy atom. The third kappa shape index (κ3) is 4.59. The van der Waals surface area contributed by atoms with Crippen molar-refractivity contribution in [1.82, 2.24) is 9.97 Å². The molecule has 0 atom stereocenters. The standard InChI is InChI=1S/C18H13Cl2FN2O2/c19-11-1-5-17(14(20)9-11)25-8-7-13(24)3-6-18-22-15-4-2-12(21)10-16(15)23-18/h1-2,4-5,7-10H,3,6H2,(H,22,23)/b8-7+. The highest BCUT2D eigenvalue weighted by atomic mass is 35.5. The first-order valence-electron chi connectivity index (χ1n) is 7.46. The molecule has 0 aliphatic heterocycles. The molecule has 0 saturated heterocycles. The Labute approximate surface area is 153 Å². The third-order valence-electron chi connectivity index (χ3n) is 3.44. The Bertz CT molecular complexity index is 953. The van der Waals surface area contributed by atoms with E-state index >= 15 is 0 Å². The van der Waals surface area contributed by atoms with Gasteiger partial charge in [0.05, 0.1) is 22.3 Å². The topological polar surface area (TPSA) is 55.0 Å².